The number of allylic oxidation sites excluding steroid dienone is 1. The first-order valence-corrected chi connectivity index (χ1v) is 11.1. The molecule has 4 rings (SSSR count). The maximum atomic E-state index is 12.8. The Morgan fingerprint density at radius 3 is 2.66 bits per heavy atom. The van der Waals surface area contributed by atoms with Crippen molar-refractivity contribution in [3.8, 4) is 0 Å². The van der Waals surface area contributed by atoms with Crippen LogP contribution >= 0.6 is 23.6 Å². The Morgan fingerprint density at radius 2 is 1.97 bits per heavy atom. The molecule has 2 aromatic heterocycles. The van der Waals surface area contributed by atoms with E-state index in [2.05, 4.69) is 23.7 Å². The topological polar surface area (TPSA) is 56.9 Å². The molecule has 0 atom stereocenters. The molecular weight excluding hydrogens is 402 g/mol. The van der Waals surface area contributed by atoms with Crippen LogP contribution in [0.15, 0.2) is 48.0 Å². The number of fused-ring (bicyclic) bond motifs is 1. The van der Waals surface area contributed by atoms with Crippen LogP contribution in [-0.2, 0) is 13.1 Å². The highest BCUT2D eigenvalue weighted by Crippen LogP contribution is 2.32. The number of nitrogens with zero attached hydrogens (tertiary/aromatic N) is 3. The molecule has 0 radical (unpaired) electrons. The van der Waals surface area contributed by atoms with Crippen LogP contribution in [-0.4, -0.2) is 19.9 Å². The molecular formula is C22H23N3O2S2. The number of benzene rings is 1. The Kier molecular flexibility index (Phi) is 5.87. The highest BCUT2D eigenvalue weighted by molar-refractivity contribution is 7.73. The van der Waals surface area contributed by atoms with Gasteiger partial charge < -0.3 is 4.57 Å². The molecule has 3 aromatic rings. The Labute approximate surface area is 178 Å². The quantitative estimate of drug-likeness (QED) is 0.313. The molecule has 150 valence electrons. The van der Waals surface area contributed by atoms with Crippen LogP contribution in [0.2, 0.25) is 0 Å². The highest BCUT2D eigenvalue weighted by atomic mass is 32.1. The van der Waals surface area contributed by atoms with Crippen molar-refractivity contribution < 1.29 is 4.79 Å². The first kappa shape index (κ1) is 19.9. The van der Waals surface area contributed by atoms with Gasteiger partial charge >= 0.3 is 0 Å². The van der Waals surface area contributed by atoms with Crippen LogP contribution in [0.1, 0.15) is 53.9 Å². The molecule has 0 unspecified atom stereocenters. The number of hydrogen-bond acceptors (Lipinski definition) is 5. The van der Waals surface area contributed by atoms with Crippen LogP contribution in [0.3, 0.4) is 0 Å². The lowest BCUT2D eigenvalue weighted by atomic mass is 9.84. The number of thiazole rings is 1. The zero-order valence-electron chi connectivity index (χ0n) is 16.2. The standard InChI is InChI=1S/C22H23N3O2S2/c1-2-12-25-20-19(29-22(25)28)21(27)24(14-23-20)13-18(26)17-10-8-16(9-11-17)15-6-4-3-5-7-15/h2,8-11,14-15H,1,3-7,12-13H2. The molecule has 1 saturated carbocycles. The molecule has 0 spiro atoms. The van der Waals surface area contributed by atoms with E-state index in [9.17, 15) is 9.59 Å². The number of rotatable bonds is 6. The molecule has 29 heavy (non-hydrogen) atoms. The van der Waals surface area contributed by atoms with Crippen LogP contribution in [0.4, 0.5) is 0 Å². The SMILES string of the molecule is C=CCn1c(=S)sc2c(=O)n(CC(=O)c3ccc(C4CCCCC4)cc3)cnc21. The van der Waals surface area contributed by atoms with E-state index in [1.165, 1.54) is 59.9 Å². The summed E-state index contributed by atoms with van der Waals surface area (Å²) in [6.07, 6.45) is 9.50. The predicted molar refractivity (Wildman–Crippen MR) is 119 cm³/mol. The van der Waals surface area contributed by atoms with Crippen molar-refractivity contribution in [2.24, 2.45) is 0 Å². The van der Waals surface area contributed by atoms with Crippen molar-refractivity contribution in [3.05, 3.63) is 68.7 Å². The maximum Gasteiger partial charge on any atom is 0.273 e. The molecule has 1 fully saturated rings. The van der Waals surface area contributed by atoms with Crippen LogP contribution in [0, 0.1) is 3.95 Å². The van der Waals surface area contributed by atoms with Crippen molar-refractivity contribution in [2.75, 3.05) is 0 Å². The van der Waals surface area contributed by atoms with Gasteiger partial charge in [0.15, 0.2) is 15.4 Å². The lowest BCUT2D eigenvalue weighted by Gasteiger charge is -2.22. The van der Waals surface area contributed by atoms with E-state index in [-0.39, 0.29) is 17.9 Å². The summed E-state index contributed by atoms with van der Waals surface area (Å²) in [6.45, 7) is 4.18. The number of Topliss-reactive ketones (excluding diaryl/α,β-unsaturated/α-hetero) is 1. The Hall–Kier alpha value is -2.38. The van der Waals surface area contributed by atoms with Gasteiger partial charge in [0, 0.05) is 12.1 Å². The van der Waals surface area contributed by atoms with Gasteiger partial charge in [0.05, 0.1) is 6.54 Å². The second kappa shape index (κ2) is 8.55. The van der Waals surface area contributed by atoms with Gasteiger partial charge in [-0.3, -0.25) is 14.2 Å². The Balaban J connectivity index is 1.55. The second-order valence-electron chi connectivity index (χ2n) is 7.48. The lowest BCUT2D eigenvalue weighted by molar-refractivity contribution is 0.0970. The van der Waals surface area contributed by atoms with E-state index >= 15 is 0 Å². The van der Waals surface area contributed by atoms with Gasteiger partial charge in [0.25, 0.3) is 5.56 Å². The zero-order chi connectivity index (χ0) is 20.4. The third kappa shape index (κ3) is 4.02. The maximum absolute atomic E-state index is 12.8. The number of aromatic nitrogens is 3. The lowest BCUT2D eigenvalue weighted by Crippen LogP contribution is -2.24. The van der Waals surface area contributed by atoms with Crippen molar-refractivity contribution in [3.63, 3.8) is 0 Å². The van der Waals surface area contributed by atoms with Gasteiger partial charge in [-0.05, 0) is 36.5 Å². The summed E-state index contributed by atoms with van der Waals surface area (Å²) in [7, 11) is 0. The molecule has 0 amide bonds. The molecule has 1 aliphatic rings. The zero-order valence-corrected chi connectivity index (χ0v) is 17.8. The largest absolute Gasteiger partial charge is 0.304 e. The minimum atomic E-state index is -0.235. The predicted octanol–water partition coefficient (Wildman–Crippen LogP) is 5.11. The molecule has 2 heterocycles. The monoisotopic (exact) mass is 425 g/mol. The summed E-state index contributed by atoms with van der Waals surface area (Å²) >= 11 is 6.55. The minimum Gasteiger partial charge on any atom is -0.304 e. The number of hydrogen-bond donors (Lipinski definition) is 0. The van der Waals surface area contributed by atoms with Crippen molar-refractivity contribution >= 4 is 39.7 Å². The van der Waals surface area contributed by atoms with E-state index < -0.39 is 0 Å². The van der Waals surface area contributed by atoms with E-state index in [0.717, 1.165) is 0 Å². The van der Waals surface area contributed by atoms with Gasteiger partial charge in [-0.2, -0.15) is 0 Å². The normalized spacial score (nSPS) is 14.9. The van der Waals surface area contributed by atoms with E-state index in [0.29, 0.717) is 32.3 Å². The van der Waals surface area contributed by atoms with Gasteiger partial charge in [-0.1, -0.05) is 60.9 Å². The van der Waals surface area contributed by atoms with Gasteiger partial charge in [0.1, 0.15) is 11.0 Å². The van der Waals surface area contributed by atoms with E-state index in [1.54, 1.807) is 10.6 Å². The summed E-state index contributed by atoms with van der Waals surface area (Å²) in [5.74, 6) is 0.508. The van der Waals surface area contributed by atoms with Crippen molar-refractivity contribution in [2.45, 2.75) is 51.1 Å². The molecule has 1 aliphatic carbocycles. The molecule has 0 N–H and O–H groups in total. The fourth-order valence-corrected chi connectivity index (χ4v) is 5.31. The molecule has 0 aliphatic heterocycles. The number of carbonyl (C=O) groups is 1. The number of carbonyl (C=O) groups excluding carboxylic acids is 1. The third-order valence-corrected chi connectivity index (χ3v) is 7.00. The smallest absolute Gasteiger partial charge is 0.273 e. The third-order valence-electron chi connectivity index (χ3n) is 5.58. The number of ketones is 1. The summed E-state index contributed by atoms with van der Waals surface area (Å²) in [6, 6.07) is 7.89. The van der Waals surface area contributed by atoms with Crippen LogP contribution < -0.4 is 5.56 Å². The Bertz CT molecular complexity index is 1170. The molecule has 5 nitrogen and oxygen atoms in total. The fourth-order valence-electron chi connectivity index (χ4n) is 4.00. The van der Waals surface area contributed by atoms with Gasteiger partial charge in [0.2, 0.25) is 0 Å². The summed E-state index contributed by atoms with van der Waals surface area (Å²) in [5, 5.41) is 0. The van der Waals surface area contributed by atoms with E-state index in [4.69, 9.17) is 12.2 Å². The molecule has 7 heteroatoms. The highest BCUT2D eigenvalue weighted by Gasteiger charge is 2.17. The molecule has 0 bridgehead atoms. The average Bonchev–Trinajstić information content (AvgIpc) is 3.07. The summed E-state index contributed by atoms with van der Waals surface area (Å²) in [4.78, 5) is 29.9. The van der Waals surface area contributed by atoms with Crippen molar-refractivity contribution in [1.82, 2.24) is 14.1 Å². The fraction of sp³-hybridized carbons (Fsp3) is 0.364. The first-order chi connectivity index (χ1) is 14.1. The first-order valence-electron chi connectivity index (χ1n) is 9.91. The van der Waals surface area contributed by atoms with Gasteiger partial charge in [-0.25, -0.2) is 4.98 Å². The second-order valence-corrected chi connectivity index (χ2v) is 9.12. The van der Waals surface area contributed by atoms with Crippen LogP contribution in [0.25, 0.3) is 10.3 Å². The minimum absolute atomic E-state index is 0.0311. The van der Waals surface area contributed by atoms with Gasteiger partial charge in [-0.15, -0.1) is 6.58 Å². The van der Waals surface area contributed by atoms with Crippen molar-refractivity contribution in [1.29, 1.82) is 0 Å². The molecule has 1 aromatic carbocycles. The Morgan fingerprint density at radius 1 is 1.24 bits per heavy atom. The summed E-state index contributed by atoms with van der Waals surface area (Å²) < 4.78 is 4.19. The molecule has 0 saturated heterocycles. The van der Waals surface area contributed by atoms with Crippen LogP contribution in [0.5, 0.6) is 0 Å². The summed E-state index contributed by atoms with van der Waals surface area (Å²) in [5.41, 5.74) is 2.24. The average molecular weight is 426 g/mol. The van der Waals surface area contributed by atoms with E-state index in [1.807, 2.05) is 12.1 Å².